The molecule has 1 aromatic heterocycles. The number of sulfonamides is 1. The lowest BCUT2D eigenvalue weighted by atomic mass is 10.2. The van der Waals surface area contributed by atoms with Crippen LogP contribution in [0.4, 0.5) is 5.13 Å². The quantitative estimate of drug-likeness (QED) is 0.423. The first kappa shape index (κ1) is 24.5. The number of carbonyl (C=O) groups is 2. The number of esters is 1. The lowest BCUT2D eigenvalue weighted by Gasteiger charge is -2.25. The van der Waals surface area contributed by atoms with Crippen LogP contribution in [0.2, 0.25) is 0 Å². The minimum Gasteiger partial charge on any atom is -0.452 e. The van der Waals surface area contributed by atoms with Crippen LogP contribution in [0.5, 0.6) is 0 Å². The highest BCUT2D eigenvalue weighted by atomic mass is 79.9. The van der Waals surface area contributed by atoms with Crippen LogP contribution < -0.4 is 5.32 Å². The van der Waals surface area contributed by atoms with Gasteiger partial charge in [0, 0.05) is 28.5 Å². The molecule has 11 heteroatoms. The summed E-state index contributed by atoms with van der Waals surface area (Å²) in [6.45, 7) is 0.419. The molecule has 0 aliphatic carbocycles. The van der Waals surface area contributed by atoms with Crippen LogP contribution in [0.3, 0.4) is 0 Å². The molecule has 0 bridgehead atoms. The number of ether oxygens (including phenoxy) is 1. The number of amides is 1. The molecule has 34 heavy (non-hydrogen) atoms. The number of halogens is 1. The van der Waals surface area contributed by atoms with Crippen LogP contribution in [0.1, 0.15) is 29.6 Å². The van der Waals surface area contributed by atoms with E-state index in [2.05, 4.69) is 26.2 Å². The van der Waals surface area contributed by atoms with Gasteiger partial charge in [-0.05, 0) is 43.2 Å². The van der Waals surface area contributed by atoms with Crippen molar-refractivity contribution in [3.63, 3.8) is 0 Å². The minimum absolute atomic E-state index is 0.0381. The normalized spacial score (nSPS) is 14.5. The molecule has 0 spiro atoms. The van der Waals surface area contributed by atoms with Gasteiger partial charge in [-0.15, -0.1) is 11.3 Å². The van der Waals surface area contributed by atoms with Gasteiger partial charge in [-0.3, -0.25) is 10.1 Å². The summed E-state index contributed by atoms with van der Waals surface area (Å²) in [7, 11) is -3.68. The average Bonchev–Trinajstić information content (AvgIpc) is 3.31. The van der Waals surface area contributed by atoms with Crippen LogP contribution in [0, 0.1) is 0 Å². The maximum absolute atomic E-state index is 12.9. The topological polar surface area (TPSA) is 106 Å². The Bertz CT molecular complexity index is 1300. The Balaban J connectivity index is 1.35. The van der Waals surface area contributed by atoms with Gasteiger partial charge >= 0.3 is 5.97 Å². The van der Waals surface area contributed by atoms with Gasteiger partial charge in [-0.25, -0.2) is 18.2 Å². The Hall–Kier alpha value is -2.60. The molecule has 1 saturated heterocycles. The highest BCUT2D eigenvalue weighted by Gasteiger charge is 2.26. The van der Waals surface area contributed by atoms with Gasteiger partial charge in [0.1, 0.15) is 0 Å². The summed E-state index contributed by atoms with van der Waals surface area (Å²) in [6.07, 6.45) is 2.64. The Morgan fingerprint density at radius 3 is 2.62 bits per heavy atom. The molecule has 1 aliphatic heterocycles. The van der Waals surface area contributed by atoms with E-state index in [4.69, 9.17) is 4.74 Å². The molecule has 1 aliphatic rings. The highest BCUT2D eigenvalue weighted by molar-refractivity contribution is 9.10. The number of nitrogens with one attached hydrogen (secondary N) is 1. The summed E-state index contributed by atoms with van der Waals surface area (Å²) in [4.78, 5) is 29.1. The number of hydrogen-bond acceptors (Lipinski definition) is 7. The fourth-order valence-electron chi connectivity index (χ4n) is 3.52. The lowest BCUT2D eigenvalue weighted by Crippen LogP contribution is -2.35. The van der Waals surface area contributed by atoms with Crippen molar-refractivity contribution in [3.05, 3.63) is 63.9 Å². The second-order valence-electron chi connectivity index (χ2n) is 7.67. The zero-order valence-electron chi connectivity index (χ0n) is 18.1. The summed E-state index contributed by atoms with van der Waals surface area (Å²) in [5.74, 6) is -1.32. The molecule has 2 heterocycles. The molecule has 2 aromatic carbocycles. The number of thiazole rings is 1. The second kappa shape index (κ2) is 10.8. The van der Waals surface area contributed by atoms with Gasteiger partial charge in [0.05, 0.1) is 16.2 Å². The SMILES string of the molecule is O=C(COC(=O)c1cccc(S(=O)(=O)N2CCCCC2)c1)Nc1nc(-c2cccc(Br)c2)cs1. The number of rotatable bonds is 7. The van der Waals surface area contributed by atoms with Gasteiger partial charge < -0.3 is 4.74 Å². The van der Waals surface area contributed by atoms with E-state index in [1.807, 2.05) is 29.6 Å². The lowest BCUT2D eigenvalue weighted by molar-refractivity contribution is -0.119. The monoisotopic (exact) mass is 563 g/mol. The molecule has 8 nitrogen and oxygen atoms in total. The van der Waals surface area contributed by atoms with Crippen LogP contribution in [-0.2, 0) is 19.6 Å². The fraction of sp³-hybridized carbons (Fsp3) is 0.261. The van der Waals surface area contributed by atoms with E-state index < -0.39 is 28.5 Å². The van der Waals surface area contributed by atoms with Crippen molar-refractivity contribution in [1.29, 1.82) is 0 Å². The van der Waals surface area contributed by atoms with E-state index in [0.717, 1.165) is 29.3 Å². The van der Waals surface area contributed by atoms with Crippen molar-refractivity contribution in [2.75, 3.05) is 25.0 Å². The third-order valence-electron chi connectivity index (χ3n) is 5.23. The number of piperidine rings is 1. The van der Waals surface area contributed by atoms with E-state index >= 15 is 0 Å². The molecule has 4 rings (SSSR count). The maximum atomic E-state index is 12.9. The predicted octanol–water partition coefficient (Wildman–Crippen LogP) is 4.54. The number of nitrogens with zero attached hydrogens (tertiary/aromatic N) is 2. The van der Waals surface area contributed by atoms with Crippen LogP contribution in [0.25, 0.3) is 11.3 Å². The fourth-order valence-corrected chi connectivity index (χ4v) is 6.22. The molecule has 178 valence electrons. The smallest absolute Gasteiger partial charge is 0.338 e. The molecule has 1 amide bonds. The van der Waals surface area contributed by atoms with E-state index in [1.165, 1.54) is 39.9 Å². The number of hydrogen-bond donors (Lipinski definition) is 1. The number of carbonyl (C=O) groups excluding carboxylic acids is 2. The summed E-state index contributed by atoms with van der Waals surface area (Å²) in [6, 6.07) is 13.3. The first-order valence-electron chi connectivity index (χ1n) is 10.6. The Morgan fingerprint density at radius 2 is 1.85 bits per heavy atom. The summed E-state index contributed by atoms with van der Waals surface area (Å²) < 4.78 is 33.2. The molecule has 0 saturated carbocycles. The second-order valence-corrected chi connectivity index (χ2v) is 11.4. The van der Waals surface area contributed by atoms with Crippen molar-refractivity contribution in [2.24, 2.45) is 0 Å². The molecule has 0 radical (unpaired) electrons. The Morgan fingerprint density at radius 1 is 1.09 bits per heavy atom. The summed E-state index contributed by atoms with van der Waals surface area (Å²) >= 11 is 4.67. The largest absolute Gasteiger partial charge is 0.452 e. The number of aromatic nitrogens is 1. The Kier molecular flexibility index (Phi) is 7.77. The van der Waals surface area contributed by atoms with Crippen molar-refractivity contribution >= 4 is 54.3 Å². The summed E-state index contributed by atoms with van der Waals surface area (Å²) in [5, 5.41) is 4.81. The first-order valence-corrected chi connectivity index (χ1v) is 13.7. The van der Waals surface area contributed by atoms with Gasteiger partial charge in [0.15, 0.2) is 11.7 Å². The van der Waals surface area contributed by atoms with Crippen LogP contribution in [-0.4, -0.2) is 49.3 Å². The zero-order valence-corrected chi connectivity index (χ0v) is 21.3. The van der Waals surface area contributed by atoms with Crippen LogP contribution >= 0.6 is 27.3 Å². The molecular formula is C23H22BrN3O5S2. The van der Waals surface area contributed by atoms with Gasteiger partial charge in [0.2, 0.25) is 10.0 Å². The van der Waals surface area contributed by atoms with Gasteiger partial charge in [-0.2, -0.15) is 4.31 Å². The van der Waals surface area contributed by atoms with E-state index in [1.54, 1.807) is 0 Å². The Labute approximate surface area is 210 Å². The standard InChI is InChI=1S/C23H22BrN3O5S2/c24-18-8-4-6-16(12-18)20-15-33-23(25-20)26-21(28)14-32-22(29)17-7-5-9-19(13-17)34(30,31)27-10-2-1-3-11-27/h4-9,12-13,15H,1-3,10-11,14H2,(H,25,26,28). The van der Waals surface area contributed by atoms with Crippen molar-refractivity contribution < 1.29 is 22.7 Å². The molecule has 1 N–H and O–H groups in total. The molecule has 0 unspecified atom stereocenters. The van der Waals surface area contributed by atoms with Crippen LogP contribution in [0.15, 0.2) is 63.3 Å². The van der Waals surface area contributed by atoms with Gasteiger partial charge in [-0.1, -0.05) is 40.5 Å². The molecule has 3 aromatic rings. The van der Waals surface area contributed by atoms with Gasteiger partial charge in [0.25, 0.3) is 5.91 Å². The predicted molar refractivity (Wildman–Crippen MR) is 133 cm³/mol. The molecular weight excluding hydrogens is 542 g/mol. The van der Waals surface area contributed by atoms with E-state index in [0.29, 0.717) is 23.9 Å². The average molecular weight is 564 g/mol. The van der Waals surface area contributed by atoms with E-state index in [9.17, 15) is 18.0 Å². The van der Waals surface area contributed by atoms with Crippen molar-refractivity contribution in [3.8, 4) is 11.3 Å². The maximum Gasteiger partial charge on any atom is 0.338 e. The highest BCUT2D eigenvalue weighted by Crippen LogP contribution is 2.27. The third-order valence-corrected chi connectivity index (χ3v) is 8.37. The minimum atomic E-state index is -3.68. The third kappa shape index (κ3) is 5.90. The van der Waals surface area contributed by atoms with Crippen molar-refractivity contribution in [2.45, 2.75) is 24.2 Å². The first-order chi connectivity index (χ1) is 16.3. The van der Waals surface area contributed by atoms with E-state index in [-0.39, 0.29) is 10.5 Å². The number of anilines is 1. The molecule has 1 fully saturated rings. The summed E-state index contributed by atoms with van der Waals surface area (Å²) in [5.41, 5.74) is 1.68. The zero-order chi connectivity index (χ0) is 24.1. The molecule has 0 atom stereocenters. The number of benzene rings is 2. The van der Waals surface area contributed by atoms with Crippen molar-refractivity contribution in [1.82, 2.24) is 9.29 Å².